The summed E-state index contributed by atoms with van der Waals surface area (Å²) in [6, 6.07) is 0.309. The molecular weight excluding hydrogens is 300 g/mol. The molecule has 2 aliphatic rings. The van der Waals surface area contributed by atoms with E-state index in [1.807, 2.05) is 4.57 Å². The number of aromatic amines is 1. The van der Waals surface area contributed by atoms with Gasteiger partial charge < -0.3 is 4.98 Å². The first-order valence-corrected chi connectivity index (χ1v) is 9.16. The van der Waals surface area contributed by atoms with Crippen molar-refractivity contribution in [2.75, 3.05) is 0 Å². The van der Waals surface area contributed by atoms with Gasteiger partial charge in [0.25, 0.3) is 5.56 Å². The van der Waals surface area contributed by atoms with Crippen LogP contribution in [0.4, 0.5) is 0 Å². The SMILES string of the molecule is C[C@@H]1CCc2c(sc3[nH]c(=S)n(C4CCCC4)c(=O)c23)C1. The van der Waals surface area contributed by atoms with Gasteiger partial charge in [-0.15, -0.1) is 11.3 Å². The second kappa shape index (κ2) is 5.06. The van der Waals surface area contributed by atoms with E-state index in [1.165, 1.54) is 29.7 Å². The van der Waals surface area contributed by atoms with Gasteiger partial charge in [0, 0.05) is 10.9 Å². The van der Waals surface area contributed by atoms with E-state index in [9.17, 15) is 4.79 Å². The molecule has 0 aliphatic heterocycles. The van der Waals surface area contributed by atoms with Crippen LogP contribution in [-0.4, -0.2) is 9.55 Å². The lowest BCUT2D eigenvalue weighted by molar-refractivity contribution is 0.491. The Morgan fingerprint density at radius 1 is 1.29 bits per heavy atom. The summed E-state index contributed by atoms with van der Waals surface area (Å²) in [6.45, 7) is 2.30. The van der Waals surface area contributed by atoms with Crippen molar-refractivity contribution >= 4 is 33.8 Å². The number of aromatic nitrogens is 2. The molecule has 4 rings (SSSR count). The predicted molar refractivity (Wildman–Crippen MR) is 90.0 cm³/mol. The molecule has 0 spiro atoms. The molecular formula is C16H20N2OS2. The van der Waals surface area contributed by atoms with Crippen molar-refractivity contribution in [3.05, 3.63) is 25.6 Å². The number of thiophene rings is 1. The smallest absolute Gasteiger partial charge is 0.263 e. The number of hydrogen-bond donors (Lipinski definition) is 1. The van der Waals surface area contributed by atoms with Gasteiger partial charge in [0.15, 0.2) is 4.77 Å². The summed E-state index contributed by atoms with van der Waals surface area (Å²) >= 11 is 7.23. The van der Waals surface area contributed by atoms with E-state index in [4.69, 9.17) is 12.2 Å². The van der Waals surface area contributed by atoms with Gasteiger partial charge in [0.1, 0.15) is 4.83 Å². The standard InChI is InChI=1S/C16H20N2OS2/c1-9-6-7-11-12(8-9)21-14-13(11)15(19)18(16(20)17-14)10-4-2-3-5-10/h9-10H,2-8H2,1H3,(H,17,20)/t9-/m1/s1. The highest BCUT2D eigenvalue weighted by atomic mass is 32.1. The number of nitrogens with one attached hydrogen (secondary N) is 1. The van der Waals surface area contributed by atoms with Gasteiger partial charge in [0.2, 0.25) is 0 Å². The lowest BCUT2D eigenvalue weighted by atomic mass is 9.89. The van der Waals surface area contributed by atoms with Crippen LogP contribution in [0, 0.1) is 10.7 Å². The molecule has 2 aromatic rings. The molecule has 1 atom stereocenters. The fourth-order valence-corrected chi connectivity index (χ4v) is 5.73. The summed E-state index contributed by atoms with van der Waals surface area (Å²) in [4.78, 5) is 18.8. The Labute approximate surface area is 133 Å². The normalized spacial score (nSPS) is 22.8. The van der Waals surface area contributed by atoms with Crippen LogP contribution in [0.25, 0.3) is 10.2 Å². The quantitative estimate of drug-likeness (QED) is 0.793. The molecule has 0 amide bonds. The van der Waals surface area contributed by atoms with E-state index < -0.39 is 0 Å². The molecule has 1 fully saturated rings. The molecule has 1 N–H and O–H groups in total. The van der Waals surface area contributed by atoms with E-state index in [0.717, 1.165) is 41.8 Å². The van der Waals surface area contributed by atoms with Gasteiger partial charge in [-0.2, -0.15) is 0 Å². The van der Waals surface area contributed by atoms with Crippen molar-refractivity contribution < 1.29 is 0 Å². The maximum atomic E-state index is 13.0. The molecule has 3 nitrogen and oxygen atoms in total. The van der Waals surface area contributed by atoms with Crippen LogP contribution in [-0.2, 0) is 12.8 Å². The lowest BCUT2D eigenvalue weighted by Crippen LogP contribution is -2.25. The Morgan fingerprint density at radius 3 is 2.81 bits per heavy atom. The van der Waals surface area contributed by atoms with E-state index in [2.05, 4.69) is 11.9 Å². The molecule has 0 bridgehead atoms. The average molecular weight is 320 g/mol. The fraction of sp³-hybridized carbons (Fsp3) is 0.625. The Balaban J connectivity index is 1.97. The maximum absolute atomic E-state index is 13.0. The van der Waals surface area contributed by atoms with Gasteiger partial charge in [-0.1, -0.05) is 19.8 Å². The minimum Gasteiger partial charge on any atom is -0.323 e. The minimum absolute atomic E-state index is 0.160. The van der Waals surface area contributed by atoms with Gasteiger partial charge in [-0.25, -0.2) is 0 Å². The fourth-order valence-electron chi connectivity index (χ4n) is 3.93. The Kier molecular flexibility index (Phi) is 3.30. The number of nitrogens with zero attached hydrogens (tertiary/aromatic N) is 1. The first kappa shape index (κ1) is 13.7. The van der Waals surface area contributed by atoms with Crippen molar-refractivity contribution in [2.24, 2.45) is 5.92 Å². The second-order valence-corrected chi connectivity index (χ2v) is 8.09. The third-order valence-corrected chi connectivity index (χ3v) is 6.54. The summed E-state index contributed by atoms with van der Waals surface area (Å²) in [5.41, 5.74) is 1.46. The highest BCUT2D eigenvalue weighted by Gasteiger charge is 2.25. The van der Waals surface area contributed by atoms with Crippen LogP contribution in [0.5, 0.6) is 0 Å². The molecule has 0 unspecified atom stereocenters. The van der Waals surface area contributed by atoms with Crippen LogP contribution in [0.1, 0.15) is 55.5 Å². The zero-order valence-electron chi connectivity index (χ0n) is 12.3. The highest BCUT2D eigenvalue weighted by molar-refractivity contribution is 7.71. The van der Waals surface area contributed by atoms with E-state index in [0.29, 0.717) is 10.8 Å². The molecule has 2 aliphatic carbocycles. The highest BCUT2D eigenvalue weighted by Crippen LogP contribution is 2.36. The van der Waals surface area contributed by atoms with E-state index in [-0.39, 0.29) is 5.56 Å². The number of hydrogen-bond acceptors (Lipinski definition) is 3. The second-order valence-electron chi connectivity index (χ2n) is 6.60. The van der Waals surface area contributed by atoms with Crippen LogP contribution in [0.15, 0.2) is 4.79 Å². The Bertz CT molecular complexity index is 808. The molecule has 1 saturated carbocycles. The Hall–Kier alpha value is -0.940. The molecule has 2 aromatic heterocycles. The summed E-state index contributed by atoms with van der Waals surface area (Å²) in [5, 5.41) is 0.933. The number of aryl methyl sites for hydroxylation is 1. The van der Waals surface area contributed by atoms with Crippen LogP contribution in [0.3, 0.4) is 0 Å². The number of rotatable bonds is 1. The van der Waals surface area contributed by atoms with E-state index >= 15 is 0 Å². The van der Waals surface area contributed by atoms with Crippen molar-refractivity contribution in [3.63, 3.8) is 0 Å². The van der Waals surface area contributed by atoms with Crippen molar-refractivity contribution in [1.82, 2.24) is 9.55 Å². The van der Waals surface area contributed by atoms with Crippen molar-refractivity contribution in [2.45, 2.75) is 57.9 Å². The van der Waals surface area contributed by atoms with Crippen molar-refractivity contribution in [3.8, 4) is 0 Å². The van der Waals surface area contributed by atoms with Gasteiger partial charge >= 0.3 is 0 Å². The first-order chi connectivity index (χ1) is 10.1. The van der Waals surface area contributed by atoms with Gasteiger partial charge in [-0.3, -0.25) is 9.36 Å². The largest absolute Gasteiger partial charge is 0.323 e. The third kappa shape index (κ3) is 2.13. The molecule has 112 valence electrons. The molecule has 5 heteroatoms. The van der Waals surface area contributed by atoms with Gasteiger partial charge in [-0.05, 0) is 55.8 Å². The third-order valence-electron chi connectivity index (χ3n) is 5.07. The monoisotopic (exact) mass is 320 g/mol. The Morgan fingerprint density at radius 2 is 2.05 bits per heavy atom. The average Bonchev–Trinajstić information content (AvgIpc) is 3.05. The summed E-state index contributed by atoms with van der Waals surface area (Å²) < 4.78 is 2.49. The summed E-state index contributed by atoms with van der Waals surface area (Å²) in [6.07, 6.45) is 7.95. The van der Waals surface area contributed by atoms with Crippen LogP contribution in [0.2, 0.25) is 0 Å². The number of fused-ring (bicyclic) bond motifs is 3. The molecule has 2 heterocycles. The lowest BCUT2D eigenvalue weighted by Gasteiger charge is -2.18. The summed E-state index contributed by atoms with van der Waals surface area (Å²) in [7, 11) is 0. The van der Waals surface area contributed by atoms with E-state index in [1.54, 1.807) is 11.3 Å². The van der Waals surface area contributed by atoms with Crippen LogP contribution < -0.4 is 5.56 Å². The zero-order chi connectivity index (χ0) is 14.6. The first-order valence-electron chi connectivity index (χ1n) is 7.94. The topological polar surface area (TPSA) is 37.8 Å². The van der Waals surface area contributed by atoms with Gasteiger partial charge in [0.05, 0.1) is 5.39 Å². The molecule has 0 saturated heterocycles. The van der Waals surface area contributed by atoms with Crippen LogP contribution >= 0.6 is 23.6 Å². The summed E-state index contributed by atoms with van der Waals surface area (Å²) in [5.74, 6) is 0.727. The molecule has 21 heavy (non-hydrogen) atoms. The molecule has 0 aromatic carbocycles. The number of H-pyrrole nitrogens is 1. The minimum atomic E-state index is 0.160. The molecule has 0 radical (unpaired) electrons. The predicted octanol–water partition coefficient (Wildman–Crippen LogP) is 4.36. The maximum Gasteiger partial charge on any atom is 0.263 e. The zero-order valence-corrected chi connectivity index (χ0v) is 13.9. The van der Waals surface area contributed by atoms with Crippen molar-refractivity contribution in [1.29, 1.82) is 0 Å².